The van der Waals surface area contributed by atoms with Gasteiger partial charge in [-0.05, 0) is 56.1 Å². The zero-order valence-electron chi connectivity index (χ0n) is 17.8. The molecule has 32 heavy (non-hydrogen) atoms. The minimum Gasteiger partial charge on any atom is -0.481 e. The van der Waals surface area contributed by atoms with Crippen molar-refractivity contribution in [2.75, 3.05) is 13.1 Å². The molecule has 3 N–H and O–H groups in total. The average molecular weight is 456 g/mol. The maximum absolute atomic E-state index is 9.64. The Morgan fingerprint density at radius 3 is 2.34 bits per heavy atom. The Morgan fingerprint density at radius 1 is 1.03 bits per heavy atom. The van der Waals surface area contributed by atoms with Gasteiger partial charge in [-0.2, -0.15) is 5.10 Å². The largest absolute Gasteiger partial charge is 0.481 e. The lowest BCUT2D eigenvalue weighted by molar-refractivity contribution is -0.143. The molecule has 0 fully saturated rings. The van der Waals surface area contributed by atoms with Crippen LogP contribution in [0.4, 0.5) is 0 Å². The molecule has 2 aromatic carbocycles. The molecule has 0 radical (unpaired) electrons. The van der Waals surface area contributed by atoms with Crippen molar-refractivity contribution in [2.45, 2.75) is 32.6 Å². The molecule has 4 rings (SSSR count). The average Bonchev–Trinajstić information content (AvgIpc) is 2.99. The Labute approximate surface area is 191 Å². The fraction of sp³-hybridized carbons (Fsp3) is 0.292. The predicted molar refractivity (Wildman–Crippen MR) is 124 cm³/mol. The highest BCUT2D eigenvalue weighted by Crippen LogP contribution is 2.33. The number of hydrogen-bond donors (Lipinski definition) is 3. The van der Waals surface area contributed by atoms with Crippen LogP contribution in [0.5, 0.6) is 0 Å². The van der Waals surface area contributed by atoms with E-state index >= 15 is 0 Å². The number of hydrogen-bond acceptors (Lipinski definition) is 4. The van der Waals surface area contributed by atoms with Gasteiger partial charge in [-0.25, -0.2) is 4.68 Å². The Morgan fingerprint density at radius 2 is 1.69 bits per heavy atom. The maximum Gasteiger partial charge on any atom is 0.303 e. The van der Waals surface area contributed by atoms with Crippen LogP contribution in [0, 0.1) is 6.92 Å². The van der Waals surface area contributed by atoms with Gasteiger partial charge in [0.05, 0.1) is 34.9 Å². The molecule has 1 aromatic heterocycles. The highest BCUT2D eigenvalue weighted by atomic mass is 35.5. The van der Waals surface area contributed by atoms with Gasteiger partial charge in [-0.3, -0.25) is 9.59 Å². The van der Waals surface area contributed by atoms with E-state index in [4.69, 9.17) is 26.9 Å². The van der Waals surface area contributed by atoms with E-state index < -0.39 is 11.9 Å². The summed E-state index contributed by atoms with van der Waals surface area (Å²) in [5, 5.41) is 24.8. The Bertz CT molecular complexity index is 1080. The number of fused-ring (bicyclic) bond motifs is 1. The van der Waals surface area contributed by atoms with Gasteiger partial charge in [0.25, 0.3) is 0 Å². The Hall–Kier alpha value is -3.16. The van der Waals surface area contributed by atoms with Gasteiger partial charge in [-0.1, -0.05) is 48.0 Å². The van der Waals surface area contributed by atoms with Crippen molar-refractivity contribution in [3.63, 3.8) is 0 Å². The molecule has 0 saturated carbocycles. The van der Waals surface area contributed by atoms with E-state index in [0.29, 0.717) is 0 Å². The summed E-state index contributed by atoms with van der Waals surface area (Å²) in [5.41, 5.74) is 6.94. The molecular weight excluding hydrogens is 430 g/mol. The molecule has 1 aliphatic heterocycles. The highest BCUT2D eigenvalue weighted by Gasteiger charge is 2.20. The monoisotopic (exact) mass is 455 g/mol. The van der Waals surface area contributed by atoms with Crippen LogP contribution < -0.4 is 5.32 Å². The number of aromatic nitrogens is 2. The van der Waals surface area contributed by atoms with Gasteiger partial charge in [0, 0.05) is 5.56 Å². The van der Waals surface area contributed by atoms with Crippen LogP contribution in [0.1, 0.15) is 29.7 Å². The van der Waals surface area contributed by atoms with Crippen molar-refractivity contribution in [1.82, 2.24) is 15.1 Å². The van der Waals surface area contributed by atoms with Gasteiger partial charge < -0.3 is 15.5 Å². The van der Waals surface area contributed by atoms with Crippen LogP contribution in [-0.2, 0) is 22.4 Å². The van der Waals surface area contributed by atoms with Crippen molar-refractivity contribution in [1.29, 1.82) is 0 Å². The van der Waals surface area contributed by atoms with Crippen LogP contribution in [0.3, 0.4) is 0 Å². The van der Waals surface area contributed by atoms with E-state index in [0.717, 1.165) is 53.6 Å². The number of carbonyl (C=O) groups is 2. The van der Waals surface area contributed by atoms with E-state index in [1.54, 1.807) is 0 Å². The third-order valence-corrected chi connectivity index (χ3v) is 5.42. The SMILES string of the molecule is Cc1cc(-c2ccccc2)n(-c2c(Cl)ccc3c2CCNCC3)n1.O=C(O)CCC(=O)O. The number of nitrogens with one attached hydrogen (secondary N) is 1. The van der Waals surface area contributed by atoms with Gasteiger partial charge in [0.15, 0.2) is 0 Å². The van der Waals surface area contributed by atoms with Crippen molar-refractivity contribution < 1.29 is 19.8 Å². The summed E-state index contributed by atoms with van der Waals surface area (Å²) < 4.78 is 2.02. The van der Waals surface area contributed by atoms with Crippen LogP contribution in [-0.4, -0.2) is 45.0 Å². The summed E-state index contributed by atoms with van der Waals surface area (Å²) >= 11 is 6.64. The quantitative estimate of drug-likeness (QED) is 0.534. The zero-order chi connectivity index (χ0) is 23.1. The van der Waals surface area contributed by atoms with Crippen molar-refractivity contribution in [2.24, 2.45) is 0 Å². The number of halogens is 1. The lowest BCUT2D eigenvalue weighted by atomic mass is 10.0. The molecule has 8 heteroatoms. The molecule has 0 bridgehead atoms. The minimum absolute atomic E-state index is 0.296. The number of nitrogens with zero attached hydrogens (tertiary/aromatic N) is 2. The third-order valence-electron chi connectivity index (χ3n) is 5.12. The molecule has 0 unspecified atom stereocenters. The summed E-state index contributed by atoms with van der Waals surface area (Å²) in [6.45, 7) is 4.01. The summed E-state index contributed by atoms with van der Waals surface area (Å²) in [7, 11) is 0. The molecule has 0 atom stereocenters. The van der Waals surface area contributed by atoms with E-state index in [1.165, 1.54) is 11.1 Å². The number of aliphatic carboxylic acids is 2. The molecule has 3 aromatic rings. The number of carboxylic acid groups (broad SMARTS) is 2. The van der Waals surface area contributed by atoms with Crippen molar-refractivity contribution >= 4 is 23.5 Å². The first-order valence-corrected chi connectivity index (χ1v) is 10.8. The van der Waals surface area contributed by atoms with E-state index in [9.17, 15) is 9.59 Å². The fourth-order valence-corrected chi connectivity index (χ4v) is 3.91. The number of carboxylic acids is 2. The van der Waals surface area contributed by atoms with Crippen LogP contribution in [0.25, 0.3) is 16.9 Å². The molecule has 0 spiro atoms. The summed E-state index contributed by atoms with van der Waals surface area (Å²) in [4.78, 5) is 19.3. The summed E-state index contributed by atoms with van der Waals surface area (Å²) in [6, 6.07) is 16.7. The van der Waals surface area contributed by atoms with E-state index in [1.807, 2.05) is 23.7 Å². The molecule has 2 heterocycles. The normalized spacial score (nSPS) is 12.8. The molecule has 168 valence electrons. The predicted octanol–water partition coefficient (Wildman–Crippen LogP) is 4.13. The molecule has 0 saturated heterocycles. The number of benzene rings is 2. The highest BCUT2D eigenvalue weighted by molar-refractivity contribution is 6.32. The first-order chi connectivity index (χ1) is 15.4. The first kappa shape index (κ1) is 23.5. The van der Waals surface area contributed by atoms with Gasteiger partial charge in [-0.15, -0.1) is 0 Å². The lowest BCUT2D eigenvalue weighted by Crippen LogP contribution is -2.16. The summed E-state index contributed by atoms with van der Waals surface area (Å²) in [6.07, 6.45) is 1.41. The van der Waals surface area contributed by atoms with Gasteiger partial charge >= 0.3 is 11.9 Å². The number of rotatable bonds is 5. The molecular formula is C24H26ClN3O4. The van der Waals surface area contributed by atoms with Crippen LogP contribution >= 0.6 is 11.6 Å². The second-order valence-electron chi connectivity index (χ2n) is 7.52. The molecule has 7 nitrogen and oxygen atoms in total. The van der Waals surface area contributed by atoms with E-state index in [2.05, 4.69) is 41.7 Å². The van der Waals surface area contributed by atoms with Crippen molar-refractivity contribution in [3.05, 3.63) is 70.4 Å². The second kappa shape index (κ2) is 10.9. The first-order valence-electron chi connectivity index (χ1n) is 10.4. The minimum atomic E-state index is -1.08. The summed E-state index contributed by atoms with van der Waals surface area (Å²) in [5.74, 6) is -2.15. The second-order valence-corrected chi connectivity index (χ2v) is 7.93. The topological polar surface area (TPSA) is 104 Å². The standard InChI is InChI=1S/C20H20ClN3.C4H6O4/c1-14-13-19(16-5-3-2-4-6-16)24(23-14)20-17-10-12-22-11-9-15(17)7-8-18(20)21;5-3(6)1-2-4(7)8/h2-8,13,22H,9-12H2,1H3;1-2H2,(H,5,6)(H,7,8). The molecule has 1 aliphatic rings. The Kier molecular flexibility index (Phi) is 8.03. The van der Waals surface area contributed by atoms with Crippen LogP contribution in [0.15, 0.2) is 48.5 Å². The zero-order valence-corrected chi connectivity index (χ0v) is 18.6. The third kappa shape index (κ3) is 5.96. The lowest BCUT2D eigenvalue weighted by Gasteiger charge is -2.16. The smallest absolute Gasteiger partial charge is 0.303 e. The molecule has 0 amide bonds. The Balaban J connectivity index is 0.000000312. The fourth-order valence-electron chi connectivity index (χ4n) is 3.65. The van der Waals surface area contributed by atoms with Gasteiger partial charge in [0.1, 0.15) is 0 Å². The maximum atomic E-state index is 9.64. The van der Waals surface area contributed by atoms with E-state index in [-0.39, 0.29) is 12.8 Å². The van der Waals surface area contributed by atoms with Crippen molar-refractivity contribution in [3.8, 4) is 16.9 Å². The van der Waals surface area contributed by atoms with Crippen LogP contribution in [0.2, 0.25) is 5.02 Å². The van der Waals surface area contributed by atoms with Gasteiger partial charge in [0.2, 0.25) is 0 Å². The number of aryl methyl sites for hydroxylation is 1. The molecule has 0 aliphatic carbocycles.